The van der Waals surface area contributed by atoms with Gasteiger partial charge < -0.3 is 0 Å². The summed E-state index contributed by atoms with van der Waals surface area (Å²) < 4.78 is 0. The van der Waals surface area contributed by atoms with E-state index in [1.54, 1.807) is 12.1 Å². The van der Waals surface area contributed by atoms with E-state index in [1.165, 1.54) is 18.7 Å². The van der Waals surface area contributed by atoms with Crippen molar-refractivity contribution in [3.63, 3.8) is 0 Å². The summed E-state index contributed by atoms with van der Waals surface area (Å²) in [4.78, 5) is 22.6. The first-order chi connectivity index (χ1) is 7.11. The minimum Gasteiger partial charge on any atom is -0.294 e. The van der Waals surface area contributed by atoms with Crippen LogP contribution >= 0.6 is 11.8 Å². The number of carbonyl (C=O) groups excluding carboxylic acids is 2. The molecule has 1 aromatic rings. The van der Waals surface area contributed by atoms with Crippen LogP contribution in [0.15, 0.2) is 30.3 Å². The highest BCUT2D eigenvalue weighted by Crippen LogP contribution is 2.14. The largest absolute Gasteiger partial charge is 0.294 e. The van der Waals surface area contributed by atoms with E-state index in [0.29, 0.717) is 11.3 Å². The molecule has 15 heavy (non-hydrogen) atoms. The second-order valence-electron chi connectivity index (χ2n) is 3.43. The van der Waals surface area contributed by atoms with Crippen LogP contribution in [0.4, 0.5) is 0 Å². The molecule has 1 rings (SSSR count). The van der Waals surface area contributed by atoms with Crippen molar-refractivity contribution in [2.24, 2.45) is 5.92 Å². The first-order valence-corrected chi connectivity index (χ1v) is 5.82. The zero-order valence-corrected chi connectivity index (χ0v) is 9.71. The molecule has 80 valence electrons. The van der Waals surface area contributed by atoms with Gasteiger partial charge in [-0.25, -0.2) is 0 Å². The van der Waals surface area contributed by atoms with Crippen LogP contribution < -0.4 is 0 Å². The van der Waals surface area contributed by atoms with E-state index in [2.05, 4.69) is 0 Å². The van der Waals surface area contributed by atoms with Gasteiger partial charge in [-0.2, -0.15) is 0 Å². The van der Waals surface area contributed by atoms with E-state index in [-0.39, 0.29) is 16.8 Å². The van der Waals surface area contributed by atoms with E-state index in [9.17, 15) is 9.59 Å². The number of hydrogen-bond donors (Lipinski definition) is 0. The molecule has 0 aliphatic rings. The highest BCUT2D eigenvalue weighted by Gasteiger charge is 2.15. The average molecular weight is 222 g/mol. The molecule has 0 N–H and O–H groups in total. The standard InChI is InChI=1S/C12H14O2S/c1-9(8-15-10(2)13)12(14)11-6-4-3-5-7-11/h3-7,9H,8H2,1-2H3. The number of thioether (sulfide) groups is 1. The van der Waals surface area contributed by atoms with Crippen molar-refractivity contribution in [1.82, 2.24) is 0 Å². The molecule has 0 aromatic heterocycles. The van der Waals surface area contributed by atoms with Crippen LogP contribution in [0.3, 0.4) is 0 Å². The Balaban J connectivity index is 2.57. The topological polar surface area (TPSA) is 34.1 Å². The molecule has 3 heteroatoms. The van der Waals surface area contributed by atoms with Gasteiger partial charge in [0.05, 0.1) is 0 Å². The predicted molar refractivity (Wildman–Crippen MR) is 63.1 cm³/mol. The molecule has 0 amide bonds. The van der Waals surface area contributed by atoms with E-state index < -0.39 is 0 Å². The maximum Gasteiger partial charge on any atom is 0.185 e. The number of benzene rings is 1. The molecule has 1 unspecified atom stereocenters. The van der Waals surface area contributed by atoms with Crippen LogP contribution in [-0.4, -0.2) is 16.7 Å². The molecule has 0 radical (unpaired) electrons. The lowest BCUT2D eigenvalue weighted by molar-refractivity contribution is -0.109. The fourth-order valence-electron chi connectivity index (χ4n) is 1.20. The zero-order chi connectivity index (χ0) is 11.3. The van der Waals surface area contributed by atoms with E-state index >= 15 is 0 Å². The van der Waals surface area contributed by atoms with Gasteiger partial charge in [0.1, 0.15) is 0 Å². The summed E-state index contributed by atoms with van der Waals surface area (Å²) in [6, 6.07) is 9.18. The third-order valence-corrected chi connectivity index (χ3v) is 3.12. The van der Waals surface area contributed by atoms with E-state index in [4.69, 9.17) is 0 Å². The first kappa shape index (κ1) is 12.0. The maximum absolute atomic E-state index is 11.8. The molecule has 0 aliphatic carbocycles. The number of carbonyl (C=O) groups is 2. The molecule has 0 spiro atoms. The Bertz CT molecular complexity index is 346. The van der Waals surface area contributed by atoms with Crippen molar-refractivity contribution in [2.75, 3.05) is 5.75 Å². The molecule has 0 bridgehead atoms. The van der Waals surface area contributed by atoms with Crippen molar-refractivity contribution < 1.29 is 9.59 Å². The molecule has 0 aliphatic heterocycles. The van der Waals surface area contributed by atoms with Crippen molar-refractivity contribution in [3.8, 4) is 0 Å². The molecule has 0 saturated heterocycles. The van der Waals surface area contributed by atoms with Gasteiger partial charge in [-0.15, -0.1) is 0 Å². The fourth-order valence-corrected chi connectivity index (χ4v) is 1.84. The van der Waals surface area contributed by atoms with Crippen LogP contribution in [0.1, 0.15) is 24.2 Å². The molecule has 1 atom stereocenters. The Morgan fingerprint density at radius 2 is 1.87 bits per heavy atom. The Labute approximate surface area is 94.1 Å². The lowest BCUT2D eigenvalue weighted by Gasteiger charge is -2.08. The second-order valence-corrected chi connectivity index (χ2v) is 4.63. The van der Waals surface area contributed by atoms with Gasteiger partial charge in [0, 0.05) is 24.2 Å². The third-order valence-electron chi connectivity index (χ3n) is 2.04. The molecule has 0 saturated carbocycles. The summed E-state index contributed by atoms with van der Waals surface area (Å²) >= 11 is 1.20. The number of Topliss-reactive ketones (excluding diaryl/α,β-unsaturated/α-hetero) is 1. The molecule has 2 nitrogen and oxygen atoms in total. The van der Waals surface area contributed by atoms with E-state index in [1.807, 2.05) is 25.1 Å². The second kappa shape index (κ2) is 5.71. The van der Waals surface area contributed by atoms with Gasteiger partial charge >= 0.3 is 0 Å². The normalized spacial score (nSPS) is 12.1. The van der Waals surface area contributed by atoms with Crippen molar-refractivity contribution in [2.45, 2.75) is 13.8 Å². The molecule has 0 fully saturated rings. The number of hydrogen-bond acceptors (Lipinski definition) is 3. The van der Waals surface area contributed by atoms with Crippen molar-refractivity contribution in [3.05, 3.63) is 35.9 Å². The van der Waals surface area contributed by atoms with Gasteiger partial charge in [0.2, 0.25) is 0 Å². The molecular weight excluding hydrogens is 208 g/mol. The van der Waals surface area contributed by atoms with Gasteiger partial charge in [-0.05, 0) is 0 Å². The Morgan fingerprint density at radius 3 is 2.40 bits per heavy atom. The van der Waals surface area contributed by atoms with Gasteiger partial charge in [0.25, 0.3) is 0 Å². The highest BCUT2D eigenvalue weighted by atomic mass is 32.2. The van der Waals surface area contributed by atoms with Gasteiger partial charge in [-0.3, -0.25) is 9.59 Å². The minimum absolute atomic E-state index is 0.0581. The number of ketones is 1. The lowest BCUT2D eigenvalue weighted by atomic mass is 10.0. The van der Waals surface area contributed by atoms with Crippen LogP contribution in [-0.2, 0) is 4.79 Å². The quantitative estimate of drug-likeness (QED) is 0.735. The van der Waals surface area contributed by atoms with Crippen molar-refractivity contribution in [1.29, 1.82) is 0 Å². The Kier molecular flexibility index (Phi) is 4.56. The van der Waals surface area contributed by atoms with Crippen LogP contribution in [0.2, 0.25) is 0 Å². The minimum atomic E-state index is -0.110. The summed E-state index contributed by atoms with van der Waals surface area (Å²) in [6.45, 7) is 3.37. The fraction of sp³-hybridized carbons (Fsp3) is 0.333. The molecule has 0 heterocycles. The summed E-state index contributed by atoms with van der Waals surface area (Å²) in [6.07, 6.45) is 0. The molecular formula is C12H14O2S. The number of rotatable bonds is 4. The SMILES string of the molecule is CC(=O)SCC(C)C(=O)c1ccccc1. The summed E-state index contributed by atoms with van der Waals surface area (Å²) in [5.41, 5.74) is 0.717. The average Bonchev–Trinajstić information content (AvgIpc) is 2.26. The summed E-state index contributed by atoms with van der Waals surface area (Å²) in [7, 11) is 0. The zero-order valence-electron chi connectivity index (χ0n) is 8.90. The van der Waals surface area contributed by atoms with Crippen LogP contribution in [0.5, 0.6) is 0 Å². The van der Waals surface area contributed by atoms with Gasteiger partial charge in [0.15, 0.2) is 10.9 Å². The maximum atomic E-state index is 11.8. The Hall–Kier alpha value is -1.09. The van der Waals surface area contributed by atoms with Crippen LogP contribution in [0, 0.1) is 5.92 Å². The lowest BCUT2D eigenvalue weighted by Crippen LogP contribution is -2.14. The molecule has 1 aromatic carbocycles. The van der Waals surface area contributed by atoms with Crippen LogP contribution in [0.25, 0.3) is 0 Å². The third kappa shape index (κ3) is 3.88. The first-order valence-electron chi connectivity index (χ1n) is 4.84. The van der Waals surface area contributed by atoms with Crippen molar-refractivity contribution >= 4 is 22.7 Å². The summed E-state index contributed by atoms with van der Waals surface area (Å²) in [5, 5.41) is 0.0581. The summed E-state index contributed by atoms with van der Waals surface area (Å²) in [5.74, 6) is 0.550. The predicted octanol–water partition coefficient (Wildman–Crippen LogP) is 2.79. The van der Waals surface area contributed by atoms with E-state index in [0.717, 1.165) is 0 Å². The van der Waals surface area contributed by atoms with Gasteiger partial charge in [-0.1, -0.05) is 49.0 Å². The smallest absolute Gasteiger partial charge is 0.185 e. The Morgan fingerprint density at radius 1 is 1.27 bits per heavy atom. The highest BCUT2D eigenvalue weighted by molar-refractivity contribution is 8.13. The monoisotopic (exact) mass is 222 g/mol.